The van der Waals surface area contributed by atoms with Crippen molar-refractivity contribution in [2.45, 2.75) is 31.0 Å². The lowest BCUT2D eigenvalue weighted by atomic mass is 9.96. The minimum Gasteiger partial charge on any atom is -0.497 e. The van der Waals surface area contributed by atoms with Crippen LogP contribution in [0.4, 0.5) is 5.82 Å². The summed E-state index contributed by atoms with van der Waals surface area (Å²) in [6, 6.07) is 7.41. The molecule has 0 bridgehead atoms. The maximum absolute atomic E-state index is 10.9. The first-order chi connectivity index (χ1) is 13.4. The van der Waals surface area contributed by atoms with Crippen molar-refractivity contribution >= 4 is 16.9 Å². The van der Waals surface area contributed by atoms with E-state index in [-0.39, 0.29) is 5.82 Å². The molecule has 1 aliphatic heterocycles. The number of nitrogens with two attached hydrogens (primary N) is 1. The van der Waals surface area contributed by atoms with Gasteiger partial charge in [0, 0.05) is 11.8 Å². The number of benzene rings is 1. The number of hydrogen-bond acceptors (Lipinski definition) is 8. The minimum atomic E-state index is -1.64. The summed E-state index contributed by atoms with van der Waals surface area (Å²) in [7, 11) is 1.59. The number of methoxy groups -OCH3 is 1. The standard InChI is InChI=1S/C19H22N4O5/c1-19(26)15(25)13(8-24)28-18(19)23-7-12(10-3-5-11(27-2)6-4-10)14-16(20)21-9-22-17(14)23/h3-7,9,13,15,18,24-26H,8H2,1-2H3,(H2,20,21,22)/t13?,15-,18?,19?/m1/s1. The van der Waals surface area contributed by atoms with E-state index >= 15 is 0 Å². The van der Waals surface area contributed by atoms with Crippen LogP contribution >= 0.6 is 0 Å². The third kappa shape index (κ3) is 2.71. The fraction of sp³-hybridized carbons (Fsp3) is 0.368. The Morgan fingerprint density at radius 1 is 1.29 bits per heavy atom. The van der Waals surface area contributed by atoms with Crippen molar-refractivity contribution < 1.29 is 24.8 Å². The van der Waals surface area contributed by atoms with Crippen LogP contribution in [0.25, 0.3) is 22.2 Å². The molecule has 1 aliphatic rings. The molecule has 0 saturated carbocycles. The molecular formula is C19H22N4O5. The van der Waals surface area contributed by atoms with Gasteiger partial charge in [0.1, 0.15) is 41.4 Å². The summed E-state index contributed by atoms with van der Waals surface area (Å²) in [6.45, 7) is 1.04. The first-order valence-corrected chi connectivity index (χ1v) is 8.80. The number of aliphatic hydroxyl groups is 3. The summed E-state index contributed by atoms with van der Waals surface area (Å²) >= 11 is 0. The van der Waals surface area contributed by atoms with Crippen LogP contribution in [0.15, 0.2) is 36.8 Å². The highest BCUT2D eigenvalue weighted by molar-refractivity contribution is 6.00. The normalized spacial score (nSPS) is 27.4. The molecule has 9 heteroatoms. The molecule has 5 N–H and O–H groups in total. The van der Waals surface area contributed by atoms with Gasteiger partial charge in [0.25, 0.3) is 0 Å². The maximum atomic E-state index is 10.9. The predicted octanol–water partition coefficient (Wildman–Crippen LogP) is 0.691. The molecule has 4 rings (SSSR count). The Morgan fingerprint density at radius 2 is 2.00 bits per heavy atom. The van der Waals surface area contributed by atoms with Crippen molar-refractivity contribution in [2.75, 3.05) is 19.5 Å². The number of nitrogen functional groups attached to an aromatic ring is 1. The first kappa shape index (κ1) is 18.6. The van der Waals surface area contributed by atoms with Gasteiger partial charge < -0.3 is 35.1 Å². The molecule has 1 fully saturated rings. The van der Waals surface area contributed by atoms with E-state index in [0.29, 0.717) is 16.8 Å². The van der Waals surface area contributed by atoms with E-state index in [1.54, 1.807) is 17.9 Å². The molecule has 3 heterocycles. The molecule has 0 amide bonds. The topological polar surface area (TPSA) is 136 Å². The van der Waals surface area contributed by atoms with Crippen molar-refractivity contribution in [1.29, 1.82) is 0 Å². The van der Waals surface area contributed by atoms with Crippen molar-refractivity contribution in [1.82, 2.24) is 14.5 Å². The molecule has 2 aromatic heterocycles. The van der Waals surface area contributed by atoms with E-state index in [4.69, 9.17) is 15.2 Å². The lowest BCUT2D eigenvalue weighted by molar-refractivity contribution is -0.0948. The second-order valence-electron chi connectivity index (χ2n) is 7.02. The van der Waals surface area contributed by atoms with Crippen molar-refractivity contribution in [3.8, 4) is 16.9 Å². The molecule has 1 aromatic carbocycles. The Morgan fingerprint density at radius 3 is 2.61 bits per heavy atom. The molecule has 3 aromatic rings. The number of rotatable bonds is 4. The Balaban J connectivity index is 1.90. The van der Waals surface area contributed by atoms with E-state index in [1.807, 2.05) is 24.3 Å². The highest BCUT2D eigenvalue weighted by Gasteiger charge is 2.53. The summed E-state index contributed by atoms with van der Waals surface area (Å²) in [5.74, 6) is 0.999. The largest absolute Gasteiger partial charge is 0.497 e. The zero-order valence-electron chi connectivity index (χ0n) is 15.5. The highest BCUT2D eigenvalue weighted by Crippen LogP contribution is 2.42. The zero-order chi connectivity index (χ0) is 20.1. The van der Waals surface area contributed by atoms with Crippen LogP contribution in [-0.2, 0) is 4.74 Å². The predicted molar refractivity (Wildman–Crippen MR) is 102 cm³/mol. The highest BCUT2D eigenvalue weighted by atomic mass is 16.6. The average molecular weight is 386 g/mol. The van der Waals surface area contributed by atoms with Gasteiger partial charge in [-0.1, -0.05) is 12.1 Å². The SMILES string of the molecule is COc1ccc(-c2cn(C3OC(CO)[C@@H](O)C3(C)O)c3ncnc(N)c23)cc1. The second-order valence-corrected chi connectivity index (χ2v) is 7.02. The number of aliphatic hydroxyl groups excluding tert-OH is 2. The minimum absolute atomic E-state index is 0.284. The van der Waals surface area contributed by atoms with Gasteiger partial charge in [-0.3, -0.25) is 0 Å². The number of fused-ring (bicyclic) bond motifs is 1. The fourth-order valence-electron chi connectivity index (χ4n) is 3.67. The molecule has 4 atom stereocenters. The molecule has 0 aliphatic carbocycles. The van der Waals surface area contributed by atoms with Gasteiger partial charge in [-0.2, -0.15) is 0 Å². The van der Waals surface area contributed by atoms with Gasteiger partial charge in [-0.15, -0.1) is 0 Å². The third-order valence-electron chi connectivity index (χ3n) is 5.23. The number of nitrogens with zero attached hydrogens (tertiary/aromatic N) is 3. The number of anilines is 1. The van der Waals surface area contributed by atoms with Gasteiger partial charge in [0.2, 0.25) is 0 Å². The summed E-state index contributed by atoms with van der Waals surface area (Å²) in [5.41, 5.74) is 6.54. The molecule has 0 spiro atoms. The Bertz CT molecular complexity index is 1000. The van der Waals surface area contributed by atoms with Crippen LogP contribution in [0, 0.1) is 0 Å². The molecular weight excluding hydrogens is 364 g/mol. The van der Waals surface area contributed by atoms with Gasteiger partial charge in [-0.25, -0.2) is 9.97 Å². The fourth-order valence-corrected chi connectivity index (χ4v) is 3.67. The zero-order valence-corrected chi connectivity index (χ0v) is 15.5. The van der Waals surface area contributed by atoms with Crippen molar-refractivity contribution in [3.05, 3.63) is 36.8 Å². The van der Waals surface area contributed by atoms with E-state index in [1.165, 1.54) is 13.3 Å². The van der Waals surface area contributed by atoms with Gasteiger partial charge in [0.15, 0.2) is 6.23 Å². The van der Waals surface area contributed by atoms with Crippen molar-refractivity contribution in [2.24, 2.45) is 0 Å². The van der Waals surface area contributed by atoms with E-state index in [9.17, 15) is 15.3 Å². The van der Waals surface area contributed by atoms with Gasteiger partial charge in [-0.05, 0) is 24.6 Å². The summed E-state index contributed by atoms with van der Waals surface area (Å²) in [4.78, 5) is 8.41. The van der Waals surface area contributed by atoms with Crippen LogP contribution in [0.2, 0.25) is 0 Å². The monoisotopic (exact) mass is 386 g/mol. The van der Waals surface area contributed by atoms with E-state index < -0.39 is 30.6 Å². The Kier molecular flexibility index (Phi) is 4.47. The summed E-state index contributed by atoms with van der Waals surface area (Å²) < 4.78 is 12.6. The third-order valence-corrected chi connectivity index (χ3v) is 5.23. The van der Waals surface area contributed by atoms with Crippen LogP contribution < -0.4 is 10.5 Å². The Labute approximate surface area is 161 Å². The number of ether oxygens (including phenoxy) is 2. The summed E-state index contributed by atoms with van der Waals surface area (Å²) in [6.07, 6.45) is -0.0632. The van der Waals surface area contributed by atoms with Crippen LogP contribution in [0.1, 0.15) is 13.2 Å². The molecule has 28 heavy (non-hydrogen) atoms. The lowest BCUT2D eigenvalue weighted by Gasteiger charge is -2.27. The average Bonchev–Trinajstić information content (AvgIpc) is 3.18. The number of aromatic nitrogens is 3. The number of hydrogen-bond donors (Lipinski definition) is 4. The second kappa shape index (κ2) is 6.71. The van der Waals surface area contributed by atoms with Crippen molar-refractivity contribution in [3.63, 3.8) is 0 Å². The Hall–Kier alpha value is -2.72. The van der Waals surface area contributed by atoms with Crippen LogP contribution in [-0.4, -0.2) is 61.4 Å². The van der Waals surface area contributed by atoms with Crippen LogP contribution in [0.3, 0.4) is 0 Å². The smallest absolute Gasteiger partial charge is 0.167 e. The first-order valence-electron chi connectivity index (χ1n) is 8.80. The molecule has 9 nitrogen and oxygen atoms in total. The molecule has 0 radical (unpaired) electrons. The van der Waals surface area contributed by atoms with Gasteiger partial charge in [0.05, 0.1) is 19.1 Å². The van der Waals surface area contributed by atoms with E-state index in [0.717, 1.165) is 11.1 Å². The summed E-state index contributed by atoms with van der Waals surface area (Å²) in [5, 5.41) is 31.3. The molecule has 1 saturated heterocycles. The van der Waals surface area contributed by atoms with Gasteiger partial charge >= 0.3 is 0 Å². The molecule has 148 valence electrons. The maximum Gasteiger partial charge on any atom is 0.167 e. The van der Waals surface area contributed by atoms with E-state index in [2.05, 4.69) is 9.97 Å². The quantitative estimate of drug-likeness (QED) is 0.514. The molecule has 3 unspecified atom stereocenters. The van der Waals surface area contributed by atoms with Crippen LogP contribution in [0.5, 0.6) is 5.75 Å². The lowest BCUT2D eigenvalue weighted by Crippen LogP contribution is -2.44.